The van der Waals surface area contributed by atoms with Crippen molar-refractivity contribution in [1.29, 1.82) is 0 Å². The lowest BCUT2D eigenvalue weighted by molar-refractivity contribution is 0.298. The molecule has 1 aromatic carbocycles. The summed E-state index contributed by atoms with van der Waals surface area (Å²) < 4.78 is 5.80. The maximum Gasteiger partial charge on any atom is 0.130 e. The Labute approximate surface area is 108 Å². The smallest absolute Gasteiger partial charge is 0.130 e. The molecule has 1 aromatic heterocycles. The second-order valence-corrected chi connectivity index (χ2v) is 4.38. The fraction of sp³-hybridized carbons (Fsp3) is 0.267. The van der Waals surface area contributed by atoms with Gasteiger partial charge in [0, 0.05) is 6.54 Å². The van der Waals surface area contributed by atoms with E-state index in [0.29, 0.717) is 13.2 Å². The number of nitrogens with two attached hydrogens (primary N) is 1. The topological polar surface area (TPSA) is 48.1 Å². The van der Waals surface area contributed by atoms with E-state index in [4.69, 9.17) is 10.5 Å². The summed E-state index contributed by atoms with van der Waals surface area (Å²) in [4.78, 5) is 4.41. The van der Waals surface area contributed by atoms with Gasteiger partial charge in [-0.1, -0.05) is 18.2 Å². The molecule has 1 heterocycles. The standard InChI is InChI=1S/C15H18N2O/c1-11-6-7-12(2)15(8-11)18-10-14-5-3-4-13(9-16)17-14/h3-8H,9-10,16H2,1-2H3. The van der Waals surface area contributed by atoms with Crippen LogP contribution in [0.15, 0.2) is 36.4 Å². The van der Waals surface area contributed by atoms with Crippen molar-refractivity contribution in [2.24, 2.45) is 5.73 Å². The lowest BCUT2D eigenvalue weighted by Crippen LogP contribution is -2.04. The molecule has 0 saturated carbocycles. The van der Waals surface area contributed by atoms with Crippen LogP contribution in [0.1, 0.15) is 22.5 Å². The van der Waals surface area contributed by atoms with E-state index in [9.17, 15) is 0 Å². The molecule has 0 aliphatic carbocycles. The zero-order chi connectivity index (χ0) is 13.0. The summed E-state index contributed by atoms with van der Waals surface area (Å²) >= 11 is 0. The first-order chi connectivity index (χ1) is 8.69. The summed E-state index contributed by atoms with van der Waals surface area (Å²) in [5, 5.41) is 0. The van der Waals surface area contributed by atoms with Gasteiger partial charge < -0.3 is 10.5 Å². The van der Waals surface area contributed by atoms with Crippen LogP contribution in [0.25, 0.3) is 0 Å². The van der Waals surface area contributed by atoms with Crippen LogP contribution in [0, 0.1) is 13.8 Å². The third-order valence-electron chi connectivity index (χ3n) is 2.79. The van der Waals surface area contributed by atoms with Gasteiger partial charge >= 0.3 is 0 Å². The molecule has 0 unspecified atom stereocenters. The summed E-state index contributed by atoms with van der Waals surface area (Å²) in [5.74, 6) is 0.912. The molecule has 0 aliphatic rings. The number of pyridine rings is 1. The third kappa shape index (κ3) is 3.08. The van der Waals surface area contributed by atoms with E-state index in [1.807, 2.05) is 31.2 Å². The summed E-state index contributed by atoms with van der Waals surface area (Å²) in [5.41, 5.74) is 9.68. The Kier molecular flexibility index (Phi) is 3.95. The van der Waals surface area contributed by atoms with Crippen LogP contribution in [0.3, 0.4) is 0 Å². The zero-order valence-corrected chi connectivity index (χ0v) is 10.8. The Morgan fingerprint density at radius 3 is 2.67 bits per heavy atom. The Morgan fingerprint density at radius 1 is 1.11 bits per heavy atom. The van der Waals surface area contributed by atoms with E-state index < -0.39 is 0 Å². The largest absolute Gasteiger partial charge is 0.487 e. The summed E-state index contributed by atoms with van der Waals surface area (Å²) in [6.45, 7) is 5.02. The number of ether oxygens (including phenoxy) is 1. The van der Waals surface area contributed by atoms with Crippen LogP contribution in [0.5, 0.6) is 5.75 Å². The second kappa shape index (κ2) is 5.65. The van der Waals surface area contributed by atoms with E-state index >= 15 is 0 Å². The van der Waals surface area contributed by atoms with Gasteiger partial charge in [-0.15, -0.1) is 0 Å². The molecular formula is C15H18N2O. The SMILES string of the molecule is Cc1ccc(C)c(OCc2cccc(CN)n2)c1. The molecule has 3 heteroatoms. The van der Waals surface area contributed by atoms with Gasteiger partial charge in [0.05, 0.1) is 11.4 Å². The number of aryl methyl sites for hydroxylation is 2. The van der Waals surface area contributed by atoms with Crippen molar-refractivity contribution in [2.75, 3.05) is 0 Å². The molecule has 2 N–H and O–H groups in total. The third-order valence-corrected chi connectivity index (χ3v) is 2.79. The number of benzene rings is 1. The van der Waals surface area contributed by atoms with E-state index in [-0.39, 0.29) is 0 Å². The van der Waals surface area contributed by atoms with Gasteiger partial charge in [-0.05, 0) is 43.2 Å². The van der Waals surface area contributed by atoms with Crippen molar-refractivity contribution in [3.05, 3.63) is 58.9 Å². The maximum absolute atomic E-state index is 5.80. The van der Waals surface area contributed by atoms with Crippen molar-refractivity contribution < 1.29 is 4.74 Å². The molecule has 94 valence electrons. The van der Waals surface area contributed by atoms with Gasteiger partial charge in [0.15, 0.2) is 0 Å². The van der Waals surface area contributed by atoms with Crippen LogP contribution in [-0.4, -0.2) is 4.98 Å². The van der Waals surface area contributed by atoms with E-state index in [1.165, 1.54) is 5.56 Å². The highest BCUT2D eigenvalue weighted by molar-refractivity contribution is 5.36. The average Bonchev–Trinajstić information content (AvgIpc) is 2.40. The predicted octanol–water partition coefficient (Wildman–Crippen LogP) is 2.74. The van der Waals surface area contributed by atoms with Crippen LogP contribution < -0.4 is 10.5 Å². The van der Waals surface area contributed by atoms with Crippen LogP contribution in [0.4, 0.5) is 0 Å². The molecule has 0 radical (unpaired) electrons. The number of hydrogen-bond acceptors (Lipinski definition) is 3. The Bertz CT molecular complexity index is 538. The minimum Gasteiger partial charge on any atom is -0.487 e. The van der Waals surface area contributed by atoms with Gasteiger partial charge in [0.25, 0.3) is 0 Å². The van der Waals surface area contributed by atoms with Gasteiger partial charge in [-0.25, -0.2) is 0 Å². The van der Waals surface area contributed by atoms with Crippen molar-refractivity contribution in [2.45, 2.75) is 27.0 Å². The highest BCUT2D eigenvalue weighted by Gasteiger charge is 2.02. The van der Waals surface area contributed by atoms with Crippen molar-refractivity contribution in [3.8, 4) is 5.75 Å². The molecule has 0 fully saturated rings. The maximum atomic E-state index is 5.80. The van der Waals surface area contributed by atoms with Crippen LogP contribution in [-0.2, 0) is 13.2 Å². The molecule has 2 aromatic rings. The molecule has 0 aliphatic heterocycles. The first-order valence-corrected chi connectivity index (χ1v) is 6.04. The van der Waals surface area contributed by atoms with Gasteiger partial charge in [0.1, 0.15) is 12.4 Å². The molecule has 3 nitrogen and oxygen atoms in total. The normalized spacial score (nSPS) is 10.4. The van der Waals surface area contributed by atoms with Crippen molar-refractivity contribution in [1.82, 2.24) is 4.98 Å². The average molecular weight is 242 g/mol. The summed E-state index contributed by atoms with van der Waals surface area (Å²) in [6.07, 6.45) is 0. The lowest BCUT2D eigenvalue weighted by atomic mass is 10.1. The van der Waals surface area contributed by atoms with Crippen molar-refractivity contribution in [3.63, 3.8) is 0 Å². The quantitative estimate of drug-likeness (QED) is 0.896. The Balaban J connectivity index is 2.08. The van der Waals surface area contributed by atoms with Gasteiger partial charge in [-0.3, -0.25) is 4.98 Å². The minimum atomic E-state index is 0.456. The molecule has 0 spiro atoms. The number of nitrogens with zero attached hydrogens (tertiary/aromatic N) is 1. The zero-order valence-electron chi connectivity index (χ0n) is 10.8. The number of rotatable bonds is 4. The summed E-state index contributed by atoms with van der Waals surface area (Å²) in [6, 6.07) is 12.0. The van der Waals surface area contributed by atoms with Crippen LogP contribution >= 0.6 is 0 Å². The molecule has 2 rings (SSSR count). The molecule has 0 amide bonds. The second-order valence-electron chi connectivity index (χ2n) is 4.38. The molecule has 18 heavy (non-hydrogen) atoms. The Morgan fingerprint density at radius 2 is 1.89 bits per heavy atom. The highest BCUT2D eigenvalue weighted by Crippen LogP contribution is 2.20. The highest BCUT2D eigenvalue weighted by atomic mass is 16.5. The monoisotopic (exact) mass is 242 g/mol. The van der Waals surface area contributed by atoms with E-state index in [0.717, 1.165) is 22.7 Å². The fourth-order valence-corrected chi connectivity index (χ4v) is 1.74. The fourth-order valence-electron chi connectivity index (χ4n) is 1.74. The van der Waals surface area contributed by atoms with Gasteiger partial charge in [0.2, 0.25) is 0 Å². The number of hydrogen-bond donors (Lipinski definition) is 1. The first-order valence-electron chi connectivity index (χ1n) is 6.04. The molecular weight excluding hydrogens is 224 g/mol. The first kappa shape index (κ1) is 12.6. The molecule has 0 saturated heterocycles. The number of aromatic nitrogens is 1. The minimum absolute atomic E-state index is 0.456. The Hall–Kier alpha value is -1.87. The van der Waals surface area contributed by atoms with E-state index in [2.05, 4.69) is 24.0 Å². The van der Waals surface area contributed by atoms with Crippen molar-refractivity contribution >= 4 is 0 Å². The van der Waals surface area contributed by atoms with Crippen LogP contribution in [0.2, 0.25) is 0 Å². The predicted molar refractivity (Wildman–Crippen MR) is 72.4 cm³/mol. The molecule has 0 bridgehead atoms. The van der Waals surface area contributed by atoms with Gasteiger partial charge in [-0.2, -0.15) is 0 Å². The summed E-state index contributed by atoms with van der Waals surface area (Å²) in [7, 11) is 0. The lowest BCUT2D eigenvalue weighted by Gasteiger charge is -2.10. The molecule has 0 atom stereocenters. The van der Waals surface area contributed by atoms with E-state index in [1.54, 1.807) is 0 Å².